The molecule has 20 heavy (non-hydrogen) atoms. The van der Waals surface area contributed by atoms with Crippen molar-refractivity contribution in [1.29, 1.82) is 0 Å². The Labute approximate surface area is 118 Å². The van der Waals surface area contributed by atoms with Gasteiger partial charge in [0.2, 0.25) is 11.8 Å². The molecular weight excluding hydrogens is 284 g/mol. The van der Waals surface area contributed by atoms with Gasteiger partial charge in [-0.05, 0) is 19.8 Å². The van der Waals surface area contributed by atoms with Gasteiger partial charge in [0.15, 0.2) is 0 Å². The molecule has 1 aliphatic heterocycles. The van der Waals surface area contributed by atoms with Crippen LogP contribution in [0.15, 0.2) is 0 Å². The lowest BCUT2D eigenvalue weighted by molar-refractivity contribution is -0.153. The average molecular weight is 304 g/mol. The predicted molar refractivity (Wildman–Crippen MR) is 72.6 cm³/mol. The minimum atomic E-state index is -3.34. The maximum atomic E-state index is 12.5. The summed E-state index contributed by atoms with van der Waals surface area (Å²) in [5.41, 5.74) is -1.29. The minimum Gasteiger partial charge on any atom is -0.277 e. The van der Waals surface area contributed by atoms with Gasteiger partial charge >= 0.3 is 6.03 Å². The summed E-state index contributed by atoms with van der Waals surface area (Å²) in [5.74, 6) is -1.56. The normalized spacial score (nSPS) is 20.8. The van der Waals surface area contributed by atoms with Crippen molar-refractivity contribution in [3.8, 4) is 0 Å². The van der Waals surface area contributed by atoms with Crippen LogP contribution in [-0.4, -0.2) is 49.2 Å². The van der Waals surface area contributed by atoms with Gasteiger partial charge in [0.05, 0.1) is 11.8 Å². The first-order valence-electron chi connectivity index (χ1n) is 6.45. The standard InChI is InChI=1S/C12H20N2O5S/c1-5-12(6-2)9(15)13-11(17)14(10(12)16)8(3)7-20(4,18)19/h8H,5-7H2,1-4H3,(H,13,15,17). The zero-order chi connectivity index (χ0) is 15.7. The molecule has 1 saturated heterocycles. The number of amides is 4. The van der Waals surface area contributed by atoms with Crippen molar-refractivity contribution < 1.29 is 22.8 Å². The number of rotatable bonds is 5. The molecule has 0 radical (unpaired) electrons. The van der Waals surface area contributed by atoms with E-state index in [9.17, 15) is 22.8 Å². The van der Waals surface area contributed by atoms with Crippen LogP contribution >= 0.6 is 0 Å². The summed E-state index contributed by atoms with van der Waals surface area (Å²) in [6.07, 6.45) is 1.54. The Hall–Kier alpha value is -1.44. The number of imide groups is 2. The summed E-state index contributed by atoms with van der Waals surface area (Å²) in [5, 5.41) is 2.15. The van der Waals surface area contributed by atoms with Crippen molar-refractivity contribution in [3.05, 3.63) is 0 Å². The first kappa shape index (κ1) is 16.6. The second kappa shape index (κ2) is 5.51. The van der Waals surface area contributed by atoms with Crippen LogP contribution in [0.1, 0.15) is 33.6 Å². The summed E-state index contributed by atoms with van der Waals surface area (Å²) in [6, 6.07) is -1.67. The SMILES string of the molecule is CCC1(CC)C(=O)NC(=O)N(C(C)CS(C)(=O)=O)C1=O. The molecule has 1 aliphatic rings. The Balaban J connectivity index is 3.16. The van der Waals surface area contributed by atoms with E-state index >= 15 is 0 Å². The van der Waals surface area contributed by atoms with Crippen molar-refractivity contribution in [2.75, 3.05) is 12.0 Å². The van der Waals surface area contributed by atoms with Crippen molar-refractivity contribution in [2.45, 2.75) is 39.7 Å². The maximum absolute atomic E-state index is 12.5. The Morgan fingerprint density at radius 3 is 2.10 bits per heavy atom. The molecule has 1 fully saturated rings. The second-order valence-electron chi connectivity index (χ2n) is 5.17. The number of nitrogens with zero attached hydrogens (tertiary/aromatic N) is 1. The molecule has 4 amide bonds. The van der Waals surface area contributed by atoms with Gasteiger partial charge in [0, 0.05) is 6.26 Å². The lowest BCUT2D eigenvalue weighted by Crippen LogP contribution is -2.66. The molecule has 1 N–H and O–H groups in total. The smallest absolute Gasteiger partial charge is 0.277 e. The molecule has 0 aliphatic carbocycles. The minimum absolute atomic E-state index is 0.254. The summed E-state index contributed by atoms with van der Waals surface area (Å²) in [6.45, 7) is 4.86. The summed E-state index contributed by atoms with van der Waals surface area (Å²) >= 11 is 0. The maximum Gasteiger partial charge on any atom is 0.331 e. The number of urea groups is 1. The lowest BCUT2D eigenvalue weighted by atomic mass is 9.78. The van der Waals surface area contributed by atoms with Crippen molar-refractivity contribution in [2.24, 2.45) is 5.41 Å². The third kappa shape index (κ3) is 2.84. The van der Waals surface area contributed by atoms with Crippen molar-refractivity contribution in [1.82, 2.24) is 10.2 Å². The first-order chi connectivity index (χ1) is 9.09. The fraction of sp³-hybridized carbons (Fsp3) is 0.750. The molecule has 1 rings (SSSR count). The fourth-order valence-corrected chi connectivity index (χ4v) is 3.51. The molecule has 1 atom stereocenters. The largest absolute Gasteiger partial charge is 0.331 e. The molecule has 0 bridgehead atoms. The molecule has 0 saturated carbocycles. The number of carbonyl (C=O) groups excluding carboxylic acids is 3. The van der Waals surface area contributed by atoms with Crippen molar-refractivity contribution >= 4 is 27.7 Å². The molecule has 8 heteroatoms. The zero-order valence-corrected chi connectivity index (χ0v) is 12.9. The highest BCUT2D eigenvalue weighted by Gasteiger charge is 2.52. The number of hydrogen-bond donors (Lipinski definition) is 1. The van der Waals surface area contributed by atoms with Gasteiger partial charge in [-0.15, -0.1) is 0 Å². The van der Waals surface area contributed by atoms with Gasteiger partial charge in [-0.3, -0.25) is 19.8 Å². The van der Waals surface area contributed by atoms with E-state index in [2.05, 4.69) is 5.32 Å². The average Bonchev–Trinajstić information content (AvgIpc) is 2.27. The van der Waals surface area contributed by atoms with E-state index in [1.165, 1.54) is 6.92 Å². The molecule has 0 aromatic rings. The summed E-state index contributed by atoms with van der Waals surface area (Å²) in [7, 11) is -3.34. The number of sulfone groups is 1. The van der Waals surface area contributed by atoms with E-state index < -0.39 is 39.1 Å². The topological polar surface area (TPSA) is 101 Å². The van der Waals surface area contributed by atoms with Crippen LogP contribution in [0.2, 0.25) is 0 Å². The Kier molecular flexibility index (Phi) is 4.58. The van der Waals surface area contributed by atoms with Crippen LogP contribution in [0.25, 0.3) is 0 Å². The molecule has 1 unspecified atom stereocenters. The molecule has 0 spiro atoms. The van der Waals surface area contributed by atoms with E-state index in [1.807, 2.05) is 0 Å². The van der Waals surface area contributed by atoms with E-state index in [1.54, 1.807) is 13.8 Å². The zero-order valence-electron chi connectivity index (χ0n) is 12.1. The van der Waals surface area contributed by atoms with Crippen LogP contribution in [0.3, 0.4) is 0 Å². The van der Waals surface area contributed by atoms with Crippen LogP contribution in [-0.2, 0) is 19.4 Å². The van der Waals surface area contributed by atoms with Gasteiger partial charge in [-0.25, -0.2) is 13.2 Å². The number of carbonyl (C=O) groups is 3. The quantitative estimate of drug-likeness (QED) is 0.736. The first-order valence-corrected chi connectivity index (χ1v) is 8.52. The molecule has 7 nitrogen and oxygen atoms in total. The fourth-order valence-electron chi connectivity index (χ4n) is 2.48. The molecule has 0 aromatic heterocycles. The number of barbiturate groups is 1. The van der Waals surface area contributed by atoms with Crippen LogP contribution in [0.5, 0.6) is 0 Å². The van der Waals surface area contributed by atoms with E-state index in [0.29, 0.717) is 0 Å². The molecular formula is C12H20N2O5S. The summed E-state index contributed by atoms with van der Waals surface area (Å²) < 4.78 is 22.7. The molecule has 1 heterocycles. The highest BCUT2D eigenvalue weighted by atomic mass is 32.2. The molecule has 0 aromatic carbocycles. The van der Waals surface area contributed by atoms with E-state index in [-0.39, 0.29) is 18.6 Å². The number of nitrogens with one attached hydrogen (secondary N) is 1. The highest BCUT2D eigenvalue weighted by Crippen LogP contribution is 2.33. The monoisotopic (exact) mass is 304 g/mol. The van der Waals surface area contributed by atoms with Crippen LogP contribution < -0.4 is 5.32 Å². The van der Waals surface area contributed by atoms with Gasteiger partial charge in [-0.1, -0.05) is 13.8 Å². The van der Waals surface area contributed by atoms with Crippen LogP contribution in [0.4, 0.5) is 4.79 Å². The third-order valence-electron chi connectivity index (χ3n) is 3.69. The Bertz CT molecular complexity index is 536. The third-order valence-corrected chi connectivity index (χ3v) is 4.78. The lowest BCUT2D eigenvalue weighted by Gasteiger charge is -2.40. The Morgan fingerprint density at radius 2 is 1.70 bits per heavy atom. The second-order valence-corrected chi connectivity index (χ2v) is 7.35. The summed E-state index contributed by atoms with van der Waals surface area (Å²) in [4.78, 5) is 37.2. The molecule has 114 valence electrons. The van der Waals surface area contributed by atoms with Gasteiger partial charge in [0.1, 0.15) is 15.3 Å². The van der Waals surface area contributed by atoms with E-state index in [4.69, 9.17) is 0 Å². The van der Waals surface area contributed by atoms with Crippen LogP contribution in [0, 0.1) is 5.41 Å². The van der Waals surface area contributed by atoms with Gasteiger partial charge < -0.3 is 0 Å². The van der Waals surface area contributed by atoms with Crippen molar-refractivity contribution in [3.63, 3.8) is 0 Å². The highest BCUT2D eigenvalue weighted by molar-refractivity contribution is 7.90. The Morgan fingerprint density at radius 1 is 1.20 bits per heavy atom. The predicted octanol–water partition coefficient (Wildman–Crippen LogP) is 0.304. The van der Waals surface area contributed by atoms with Gasteiger partial charge in [-0.2, -0.15) is 0 Å². The van der Waals surface area contributed by atoms with E-state index in [0.717, 1.165) is 11.2 Å². The van der Waals surface area contributed by atoms with Gasteiger partial charge in [0.25, 0.3) is 0 Å². The number of hydrogen-bond acceptors (Lipinski definition) is 5.